The number of fused-ring (bicyclic) bond motifs is 2. The summed E-state index contributed by atoms with van der Waals surface area (Å²) in [6.07, 6.45) is 4.54. The van der Waals surface area contributed by atoms with Crippen molar-refractivity contribution in [3.8, 4) is 0 Å². The van der Waals surface area contributed by atoms with Crippen molar-refractivity contribution in [2.45, 2.75) is 50.7 Å². The number of piperidine rings is 1. The van der Waals surface area contributed by atoms with Crippen LogP contribution in [0.5, 0.6) is 0 Å². The number of hydrogen-bond acceptors (Lipinski definition) is 2. The van der Waals surface area contributed by atoms with E-state index in [2.05, 4.69) is 19.4 Å². The van der Waals surface area contributed by atoms with E-state index < -0.39 is 5.91 Å². The van der Waals surface area contributed by atoms with Gasteiger partial charge >= 0.3 is 0 Å². The van der Waals surface area contributed by atoms with Crippen molar-refractivity contribution >= 4 is 11.7 Å². The van der Waals surface area contributed by atoms with E-state index in [0.29, 0.717) is 12.1 Å². The zero-order valence-corrected chi connectivity index (χ0v) is 10.3. The minimum atomic E-state index is -0.420. The molecule has 4 nitrogen and oxygen atoms in total. The molecule has 2 rings (SSSR count). The van der Waals surface area contributed by atoms with Gasteiger partial charge in [0.2, 0.25) is 5.78 Å². The molecule has 0 radical (unpaired) electrons. The summed E-state index contributed by atoms with van der Waals surface area (Å²) in [6.45, 7) is 1.33. The van der Waals surface area contributed by atoms with Gasteiger partial charge in [0.05, 0.1) is 26.2 Å². The molecule has 16 heavy (non-hydrogen) atoms. The highest BCUT2D eigenvalue weighted by Crippen LogP contribution is 2.39. The van der Waals surface area contributed by atoms with E-state index in [0.717, 1.165) is 17.3 Å². The zero-order chi connectivity index (χ0) is 11.9. The molecule has 2 bridgehead atoms. The number of hydrogen-bond donors (Lipinski definition) is 1. The Labute approximate surface area is 96.6 Å². The van der Waals surface area contributed by atoms with Crippen LogP contribution < -0.4 is 5.32 Å². The van der Waals surface area contributed by atoms with Gasteiger partial charge in [0.15, 0.2) is 0 Å². The first-order chi connectivity index (χ1) is 7.41. The average Bonchev–Trinajstić information content (AvgIpc) is 2.41. The number of Topliss-reactive ketones (excluding diaryl/α,β-unsaturated/α-hetero) is 1. The molecule has 1 N–H and O–H groups in total. The van der Waals surface area contributed by atoms with E-state index in [1.54, 1.807) is 0 Å². The van der Waals surface area contributed by atoms with Crippen molar-refractivity contribution < 1.29 is 14.1 Å². The van der Waals surface area contributed by atoms with Crippen LogP contribution in [0.2, 0.25) is 0 Å². The first-order valence-electron chi connectivity index (χ1n) is 6.06. The van der Waals surface area contributed by atoms with Crippen molar-refractivity contribution in [1.82, 2.24) is 5.32 Å². The van der Waals surface area contributed by atoms with Crippen molar-refractivity contribution in [3.63, 3.8) is 0 Å². The fourth-order valence-corrected chi connectivity index (χ4v) is 3.29. The molecule has 2 unspecified atom stereocenters. The Morgan fingerprint density at radius 3 is 2.06 bits per heavy atom. The second-order valence-electron chi connectivity index (χ2n) is 5.71. The molecule has 0 spiro atoms. The fourth-order valence-electron chi connectivity index (χ4n) is 3.29. The molecule has 0 saturated carbocycles. The van der Waals surface area contributed by atoms with Crippen LogP contribution in [0.1, 0.15) is 32.6 Å². The SMILES string of the molecule is CC(=O)C(=O)NC1CC2CCC(C1)[N+]2(C)C. The smallest absolute Gasteiger partial charge is 0.287 e. The van der Waals surface area contributed by atoms with Gasteiger partial charge in [-0.05, 0) is 0 Å². The number of nitrogens with one attached hydrogen (secondary N) is 1. The summed E-state index contributed by atoms with van der Waals surface area (Å²) in [5, 5.41) is 2.86. The van der Waals surface area contributed by atoms with Crippen LogP contribution in [0, 0.1) is 0 Å². The predicted molar refractivity (Wildman–Crippen MR) is 60.8 cm³/mol. The maximum absolute atomic E-state index is 11.3. The Hall–Kier alpha value is -0.900. The van der Waals surface area contributed by atoms with Gasteiger partial charge in [0.1, 0.15) is 0 Å². The molecule has 2 fully saturated rings. The third-order valence-electron chi connectivity index (χ3n) is 4.48. The lowest BCUT2D eigenvalue weighted by atomic mass is 9.95. The highest BCUT2D eigenvalue weighted by molar-refractivity contribution is 6.35. The lowest BCUT2D eigenvalue weighted by molar-refractivity contribution is -0.930. The molecule has 2 aliphatic heterocycles. The molecule has 0 aliphatic carbocycles. The molecule has 1 amide bonds. The molecule has 2 heterocycles. The molecule has 90 valence electrons. The molecule has 0 aromatic carbocycles. The van der Waals surface area contributed by atoms with Gasteiger partial charge < -0.3 is 9.80 Å². The Balaban J connectivity index is 1.98. The molecular formula is C12H21N2O2+. The summed E-state index contributed by atoms with van der Waals surface area (Å²) < 4.78 is 1.09. The molecule has 2 saturated heterocycles. The van der Waals surface area contributed by atoms with Crippen molar-refractivity contribution in [1.29, 1.82) is 0 Å². The van der Waals surface area contributed by atoms with Gasteiger partial charge in [0, 0.05) is 38.6 Å². The first-order valence-corrected chi connectivity index (χ1v) is 6.06. The van der Waals surface area contributed by atoms with Crippen LogP contribution in [0.15, 0.2) is 0 Å². The molecule has 2 aliphatic rings. The molecule has 2 atom stereocenters. The number of carbonyl (C=O) groups is 2. The number of quaternary nitrogens is 1. The van der Waals surface area contributed by atoms with Gasteiger partial charge in [-0.25, -0.2) is 0 Å². The predicted octanol–water partition coefficient (Wildman–Crippen LogP) is 0.461. The van der Waals surface area contributed by atoms with Crippen LogP contribution in [0.25, 0.3) is 0 Å². The minimum absolute atomic E-state index is 0.208. The summed E-state index contributed by atoms with van der Waals surface area (Å²) >= 11 is 0. The summed E-state index contributed by atoms with van der Waals surface area (Å²) in [5.41, 5.74) is 0. The fraction of sp³-hybridized carbons (Fsp3) is 0.833. The van der Waals surface area contributed by atoms with Gasteiger partial charge in [0.25, 0.3) is 5.91 Å². The topological polar surface area (TPSA) is 46.2 Å². The zero-order valence-electron chi connectivity index (χ0n) is 10.3. The summed E-state index contributed by atoms with van der Waals surface area (Å²) in [6, 6.07) is 1.51. The lowest BCUT2D eigenvalue weighted by Crippen LogP contribution is -2.58. The second-order valence-corrected chi connectivity index (χ2v) is 5.71. The maximum atomic E-state index is 11.3. The molecular weight excluding hydrogens is 204 g/mol. The van der Waals surface area contributed by atoms with Gasteiger partial charge in [-0.15, -0.1) is 0 Å². The van der Waals surface area contributed by atoms with Crippen molar-refractivity contribution in [2.24, 2.45) is 0 Å². The highest BCUT2D eigenvalue weighted by Gasteiger charge is 2.49. The number of carbonyl (C=O) groups excluding carboxylic acids is 2. The Morgan fingerprint density at radius 1 is 1.12 bits per heavy atom. The van der Waals surface area contributed by atoms with E-state index in [1.807, 2.05) is 0 Å². The number of ketones is 1. The van der Waals surface area contributed by atoms with Crippen LogP contribution in [0.3, 0.4) is 0 Å². The van der Waals surface area contributed by atoms with Crippen molar-refractivity contribution in [2.75, 3.05) is 14.1 Å². The standard InChI is InChI=1S/C12H20N2O2/c1-8(15)12(16)13-9-6-10-4-5-11(7-9)14(10,2)3/h9-11H,4-7H2,1-3H3/p+1. The molecule has 0 aromatic heterocycles. The third-order valence-corrected chi connectivity index (χ3v) is 4.48. The van der Waals surface area contributed by atoms with E-state index in [-0.39, 0.29) is 11.8 Å². The van der Waals surface area contributed by atoms with Crippen molar-refractivity contribution in [3.05, 3.63) is 0 Å². The second kappa shape index (κ2) is 3.84. The Morgan fingerprint density at radius 2 is 1.62 bits per heavy atom. The average molecular weight is 225 g/mol. The Bertz CT molecular complexity index is 309. The maximum Gasteiger partial charge on any atom is 0.287 e. The summed E-state index contributed by atoms with van der Waals surface area (Å²) in [7, 11) is 4.57. The summed E-state index contributed by atoms with van der Waals surface area (Å²) in [4.78, 5) is 22.2. The quantitative estimate of drug-likeness (QED) is 0.548. The monoisotopic (exact) mass is 225 g/mol. The largest absolute Gasteiger partial charge is 0.346 e. The van der Waals surface area contributed by atoms with Gasteiger partial charge in [-0.3, -0.25) is 9.59 Å². The highest BCUT2D eigenvalue weighted by atomic mass is 16.2. The minimum Gasteiger partial charge on any atom is -0.346 e. The first kappa shape index (κ1) is 11.6. The summed E-state index contributed by atoms with van der Waals surface area (Å²) in [5.74, 6) is -0.803. The normalized spacial score (nSPS) is 35.8. The van der Waals surface area contributed by atoms with Gasteiger partial charge in [-0.2, -0.15) is 0 Å². The van der Waals surface area contributed by atoms with Crippen LogP contribution in [-0.4, -0.2) is 48.4 Å². The van der Waals surface area contributed by atoms with Crippen LogP contribution in [0.4, 0.5) is 0 Å². The van der Waals surface area contributed by atoms with Crippen LogP contribution >= 0.6 is 0 Å². The number of amides is 1. The van der Waals surface area contributed by atoms with E-state index in [9.17, 15) is 9.59 Å². The van der Waals surface area contributed by atoms with Gasteiger partial charge in [-0.1, -0.05) is 0 Å². The van der Waals surface area contributed by atoms with Crippen LogP contribution in [-0.2, 0) is 9.59 Å². The molecule has 0 aromatic rings. The lowest BCUT2D eigenvalue weighted by Gasteiger charge is -2.44. The molecule has 4 heteroatoms. The van der Waals surface area contributed by atoms with E-state index in [4.69, 9.17) is 0 Å². The van der Waals surface area contributed by atoms with E-state index in [1.165, 1.54) is 19.8 Å². The Kier molecular flexibility index (Phi) is 2.78. The van der Waals surface area contributed by atoms with E-state index >= 15 is 0 Å². The third kappa shape index (κ3) is 1.86. The number of rotatable bonds is 2. The number of nitrogens with zero attached hydrogens (tertiary/aromatic N) is 1.